The number of hydrogen-bond acceptors (Lipinski definition) is 5. The van der Waals surface area contributed by atoms with Crippen LogP contribution in [-0.4, -0.2) is 20.9 Å². The van der Waals surface area contributed by atoms with Gasteiger partial charge in [0.25, 0.3) is 0 Å². The Bertz CT molecular complexity index is 431. The van der Waals surface area contributed by atoms with Crippen LogP contribution in [0, 0.1) is 0 Å². The molecule has 2 N–H and O–H groups in total. The van der Waals surface area contributed by atoms with Gasteiger partial charge in [0.1, 0.15) is 0 Å². The zero-order chi connectivity index (χ0) is 14.8. The van der Waals surface area contributed by atoms with Crippen molar-refractivity contribution in [2.75, 3.05) is 0 Å². The standard InChI is InChI=1S/C15H27N3OS/c1-14(2,15(3,4)16)13-17-12(18-19-13)10-20-11-8-6-5-7-9-11/h11H,5-10,16H2,1-4H3. The fourth-order valence-electron chi connectivity index (χ4n) is 2.27. The Balaban J connectivity index is 1.95. The van der Waals surface area contributed by atoms with Gasteiger partial charge in [-0.05, 0) is 40.5 Å². The fourth-order valence-corrected chi connectivity index (χ4v) is 3.43. The van der Waals surface area contributed by atoms with Crippen LogP contribution in [-0.2, 0) is 11.2 Å². The molecule has 1 fully saturated rings. The fraction of sp³-hybridized carbons (Fsp3) is 0.867. The third-order valence-corrected chi connectivity index (χ3v) is 5.98. The number of nitrogens with two attached hydrogens (primary N) is 1. The first-order valence-electron chi connectivity index (χ1n) is 7.54. The van der Waals surface area contributed by atoms with Crippen molar-refractivity contribution in [3.8, 4) is 0 Å². The first-order chi connectivity index (χ1) is 9.30. The number of hydrogen-bond donors (Lipinski definition) is 1. The van der Waals surface area contributed by atoms with Gasteiger partial charge in [-0.1, -0.05) is 24.4 Å². The van der Waals surface area contributed by atoms with Crippen molar-refractivity contribution in [2.45, 2.75) is 81.8 Å². The van der Waals surface area contributed by atoms with Crippen molar-refractivity contribution in [1.29, 1.82) is 0 Å². The van der Waals surface area contributed by atoms with E-state index in [1.165, 1.54) is 32.1 Å². The van der Waals surface area contributed by atoms with Crippen LogP contribution >= 0.6 is 11.8 Å². The maximum Gasteiger partial charge on any atom is 0.234 e. The quantitative estimate of drug-likeness (QED) is 0.898. The summed E-state index contributed by atoms with van der Waals surface area (Å²) in [4.78, 5) is 4.55. The summed E-state index contributed by atoms with van der Waals surface area (Å²) in [6.07, 6.45) is 6.78. The molecule has 0 atom stereocenters. The van der Waals surface area contributed by atoms with Gasteiger partial charge in [-0.3, -0.25) is 0 Å². The van der Waals surface area contributed by atoms with E-state index < -0.39 is 5.54 Å². The number of nitrogens with zero attached hydrogens (tertiary/aromatic N) is 2. The molecule has 1 aromatic rings. The third kappa shape index (κ3) is 3.55. The van der Waals surface area contributed by atoms with E-state index in [1.54, 1.807) is 0 Å². The Labute approximate surface area is 126 Å². The van der Waals surface area contributed by atoms with Crippen LogP contribution in [0.4, 0.5) is 0 Å². The third-order valence-electron chi connectivity index (χ3n) is 4.61. The summed E-state index contributed by atoms with van der Waals surface area (Å²) < 4.78 is 5.44. The number of aromatic nitrogens is 2. The SMILES string of the molecule is CC(C)(N)C(C)(C)c1nc(CSC2CCCCC2)no1. The molecule has 0 radical (unpaired) electrons. The summed E-state index contributed by atoms with van der Waals surface area (Å²) in [7, 11) is 0. The van der Waals surface area contributed by atoms with Gasteiger partial charge in [0.2, 0.25) is 5.89 Å². The van der Waals surface area contributed by atoms with Crippen LogP contribution in [0.3, 0.4) is 0 Å². The lowest BCUT2D eigenvalue weighted by Crippen LogP contribution is -2.50. The van der Waals surface area contributed by atoms with E-state index in [1.807, 2.05) is 25.6 Å². The highest BCUT2D eigenvalue weighted by molar-refractivity contribution is 7.99. The minimum Gasteiger partial charge on any atom is -0.339 e. The molecule has 1 aliphatic carbocycles. The lowest BCUT2D eigenvalue weighted by atomic mass is 9.75. The van der Waals surface area contributed by atoms with Crippen LogP contribution in [0.5, 0.6) is 0 Å². The number of rotatable bonds is 5. The first-order valence-corrected chi connectivity index (χ1v) is 8.59. The monoisotopic (exact) mass is 297 g/mol. The van der Waals surface area contributed by atoms with Crippen LogP contribution < -0.4 is 5.73 Å². The summed E-state index contributed by atoms with van der Waals surface area (Å²) in [5, 5.41) is 4.89. The molecule has 1 saturated carbocycles. The molecular formula is C15H27N3OS. The molecule has 0 spiro atoms. The molecule has 4 nitrogen and oxygen atoms in total. The summed E-state index contributed by atoms with van der Waals surface area (Å²) in [5.74, 6) is 2.28. The average molecular weight is 297 g/mol. The maximum atomic E-state index is 6.21. The maximum absolute atomic E-state index is 6.21. The van der Waals surface area contributed by atoms with E-state index in [4.69, 9.17) is 10.3 Å². The molecule has 1 heterocycles. The van der Waals surface area contributed by atoms with Gasteiger partial charge < -0.3 is 10.3 Å². The second-order valence-corrected chi connectivity index (χ2v) is 8.22. The molecular weight excluding hydrogens is 270 g/mol. The van der Waals surface area contributed by atoms with Crippen molar-refractivity contribution < 1.29 is 4.52 Å². The second kappa shape index (κ2) is 6.06. The summed E-state index contributed by atoms with van der Waals surface area (Å²) >= 11 is 1.97. The zero-order valence-electron chi connectivity index (χ0n) is 13.1. The van der Waals surface area contributed by atoms with Gasteiger partial charge in [0, 0.05) is 10.8 Å². The Morgan fingerprint density at radius 3 is 2.45 bits per heavy atom. The van der Waals surface area contributed by atoms with Crippen molar-refractivity contribution in [1.82, 2.24) is 10.1 Å². The molecule has 0 unspecified atom stereocenters. The van der Waals surface area contributed by atoms with E-state index in [2.05, 4.69) is 24.0 Å². The van der Waals surface area contributed by atoms with E-state index >= 15 is 0 Å². The van der Waals surface area contributed by atoms with E-state index in [0.29, 0.717) is 5.89 Å². The predicted octanol–water partition coefficient (Wildman–Crippen LogP) is 3.65. The summed E-state index contributed by atoms with van der Waals surface area (Å²) in [6.45, 7) is 8.10. The molecule has 114 valence electrons. The van der Waals surface area contributed by atoms with Crippen LogP contribution in [0.2, 0.25) is 0 Å². The van der Waals surface area contributed by atoms with Gasteiger partial charge >= 0.3 is 0 Å². The Morgan fingerprint density at radius 2 is 1.85 bits per heavy atom. The van der Waals surface area contributed by atoms with Crippen molar-refractivity contribution in [3.63, 3.8) is 0 Å². The van der Waals surface area contributed by atoms with Crippen LogP contribution in [0.15, 0.2) is 4.52 Å². The molecule has 5 heteroatoms. The molecule has 0 bridgehead atoms. The lowest BCUT2D eigenvalue weighted by Gasteiger charge is -2.34. The average Bonchev–Trinajstić information content (AvgIpc) is 2.85. The molecule has 20 heavy (non-hydrogen) atoms. The van der Waals surface area contributed by atoms with E-state index in [0.717, 1.165) is 16.8 Å². The molecule has 0 aromatic carbocycles. The largest absolute Gasteiger partial charge is 0.339 e. The van der Waals surface area contributed by atoms with Crippen molar-refractivity contribution >= 4 is 11.8 Å². The van der Waals surface area contributed by atoms with Gasteiger partial charge in [0.05, 0.1) is 11.2 Å². The summed E-state index contributed by atoms with van der Waals surface area (Å²) in [5.41, 5.74) is 5.49. The van der Waals surface area contributed by atoms with E-state index in [9.17, 15) is 0 Å². The summed E-state index contributed by atoms with van der Waals surface area (Å²) in [6, 6.07) is 0. The highest BCUT2D eigenvalue weighted by atomic mass is 32.2. The minimum atomic E-state index is -0.396. The number of thioether (sulfide) groups is 1. The van der Waals surface area contributed by atoms with Crippen molar-refractivity contribution in [2.24, 2.45) is 5.73 Å². The van der Waals surface area contributed by atoms with Gasteiger partial charge in [-0.25, -0.2) is 0 Å². The van der Waals surface area contributed by atoms with Gasteiger partial charge in [-0.15, -0.1) is 0 Å². The predicted molar refractivity (Wildman–Crippen MR) is 83.8 cm³/mol. The van der Waals surface area contributed by atoms with E-state index in [-0.39, 0.29) is 5.41 Å². The highest BCUT2D eigenvalue weighted by Crippen LogP contribution is 2.33. The highest BCUT2D eigenvalue weighted by Gasteiger charge is 2.40. The molecule has 1 aromatic heterocycles. The Morgan fingerprint density at radius 1 is 1.20 bits per heavy atom. The normalized spacial score (nSPS) is 18.4. The van der Waals surface area contributed by atoms with Crippen LogP contribution in [0.25, 0.3) is 0 Å². The molecule has 0 amide bonds. The Hall–Kier alpha value is -0.550. The van der Waals surface area contributed by atoms with Crippen molar-refractivity contribution in [3.05, 3.63) is 11.7 Å². The lowest BCUT2D eigenvalue weighted by molar-refractivity contribution is 0.222. The molecule has 0 saturated heterocycles. The molecule has 1 aliphatic rings. The smallest absolute Gasteiger partial charge is 0.234 e. The molecule has 2 rings (SSSR count). The Kier molecular flexibility index (Phi) is 4.80. The van der Waals surface area contributed by atoms with Crippen LogP contribution in [0.1, 0.15) is 71.5 Å². The van der Waals surface area contributed by atoms with Gasteiger partial charge in [0.15, 0.2) is 5.82 Å². The minimum absolute atomic E-state index is 0.326. The second-order valence-electron chi connectivity index (χ2n) is 6.93. The first kappa shape index (κ1) is 15.8. The van der Waals surface area contributed by atoms with Gasteiger partial charge in [-0.2, -0.15) is 16.7 Å². The molecule has 0 aliphatic heterocycles. The zero-order valence-corrected chi connectivity index (χ0v) is 13.9. The topological polar surface area (TPSA) is 64.9 Å².